The molecule has 1 N–H and O–H groups in total. The molecular weight excluding hydrogens is 387 g/mol. The van der Waals surface area contributed by atoms with Crippen molar-refractivity contribution in [3.63, 3.8) is 0 Å². The number of nitrogens with one attached hydrogen (secondary N) is 1. The molecule has 3 aromatic rings. The Morgan fingerprint density at radius 3 is 2.73 bits per heavy atom. The van der Waals surface area contributed by atoms with Crippen LogP contribution in [0.25, 0.3) is 10.8 Å². The van der Waals surface area contributed by atoms with Crippen LogP contribution in [0.2, 0.25) is 0 Å². The Balaban J connectivity index is 1.82. The molecule has 0 bridgehead atoms. The molecule has 0 atom stereocenters. The zero-order valence-corrected chi connectivity index (χ0v) is 17.6. The standard InChI is InChI=1S/C22H27FN4O3/c1-4-30-11-7-10-24-20(28)14-27-22(29)21-16(3)26(15(2)18(21)12-25-27)13-17-8-5-6-9-19(17)23/h5-6,8-9,12H,4,7,10-11,13-14H2,1-3H3,(H,24,28). The van der Waals surface area contributed by atoms with Crippen LogP contribution in [0.15, 0.2) is 35.3 Å². The molecule has 2 aromatic heterocycles. The maximum absolute atomic E-state index is 14.1. The zero-order chi connectivity index (χ0) is 21.7. The lowest BCUT2D eigenvalue weighted by atomic mass is 10.2. The van der Waals surface area contributed by atoms with E-state index in [0.717, 1.165) is 11.4 Å². The van der Waals surface area contributed by atoms with E-state index < -0.39 is 0 Å². The van der Waals surface area contributed by atoms with E-state index in [9.17, 15) is 14.0 Å². The number of halogens is 1. The maximum atomic E-state index is 14.1. The van der Waals surface area contributed by atoms with E-state index >= 15 is 0 Å². The monoisotopic (exact) mass is 414 g/mol. The van der Waals surface area contributed by atoms with Crippen molar-refractivity contribution in [3.05, 3.63) is 63.6 Å². The fraction of sp³-hybridized carbons (Fsp3) is 0.409. The lowest BCUT2D eigenvalue weighted by molar-refractivity contribution is -0.121. The summed E-state index contributed by atoms with van der Waals surface area (Å²) in [6.45, 7) is 7.49. The SMILES string of the molecule is CCOCCCNC(=O)Cn1ncc2c(C)n(Cc3ccccc3F)c(C)c2c1=O. The topological polar surface area (TPSA) is 78.2 Å². The highest BCUT2D eigenvalue weighted by Crippen LogP contribution is 2.23. The average Bonchev–Trinajstić information content (AvgIpc) is 2.96. The van der Waals surface area contributed by atoms with Gasteiger partial charge in [0.05, 0.1) is 18.1 Å². The fourth-order valence-electron chi connectivity index (χ4n) is 3.53. The molecule has 2 heterocycles. The second-order valence-electron chi connectivity index (χ2n) is 7.14. The van der Waals surface area contributed by atoms with Crippen molar-refractivity contribution in [3.8, 4) is 0 Å². The van der Waals surface area contributed by atoms with Crippen molar-refractivity contribution in [2.75, 3.05) is 19.8 Å². The molecule has 0 unspecified atom stereocenters. The first-order chi connectivity index (χ1) is 14.4. The third-order valence-corrected chi connectivity index (χ3v) is 5.18. The summed E-state index contributed by atoms with van der Waals surface area (Å²) >= 11 is 0. The highest BCUT2D eigenvalue weighted by Gasteiger charge is 2.18. The van der Waals surface area contributed by atoms with Crippen molar-refractivity contribution in [2.24, 2.45) is 0 Å². The van der Waals surface area contributed by atoms with Gasteiger partial charge < -0.3 is 14.6 Å². The van der Waals surface area contributed by atoms with E-state index in [1.165, 1.54) is 10.7 Å². The molecule has 0 saturated carbocycles. The van der Waals surface area contributed by atoms with Crippen LogP contribution < -0.4 is 10.9 Å². The second kappa shape index (κ2) is 9.67. The van der Waals surface area contributed by atoms with Gasteiger partial charge in [0.25, 0.3) is 5.56 Å². The highest BCUT2D eigenvalue weighted by molar-refractivity contribution is 5.87. The summed E-state index contributed by atoms with van der Waals surface area (Å²) in [5.74, 6) is -0.564. The molecule has 160 valence electrons. The Labute approximate surface area is 174 Å². The van der Waals surface area contributed by atoms with Crippen molar-refractivity contribution >= 4 is 16.7 Å². The maximum Gasteiger partial charge on any atom is 0.276 e. The van der Waals surface area contributed by atoms with Gasteiger partial charge in [0, 0.05) is 42.1 Å². The minimum absolute atomic E-state index is 0.152. The molecule has 8 heteroatoms. The van der Waals surface area contributed by atoms with Crippen molar-refractivity contribution < 1.29 is 13.9 Å². The predicted octanol–water partition coefficient (Wildman–Crippen LogP) is 2.55. The number of hydrogen-bond acceptors (Lipinski definition) is 4. The first-order valence-corrected chi connectivity index (χ1v) is 10.1. The van der Waals surface area contributed by atoms with Crippen LogP contribution in [-0.4, -0.2) is 40.0 Å². The Morgan fingerprint density at radius 2 is 2.00 bits per heavy atom. The van der Waals surface area contributed by atoms with Crippen LogP contribution in [0.4, 0.5) is 4.39 Å². The van der Waals surface area contributed by atoms with Crippen molar-refractivity contribution in [2.45, 2.75) is 40.3 Å². The summed E-state index contributed by atoms with van der Waals surface area (Å²) in [6.07, 6.45) is 2.30. The van der Waals surface area contributed by atoms with Gasteiger partial charge in [0.1, 0.15) is 12.4 Å². The van der Waals surface area contributed by atoms with Gasteiger partial charge in [-0.1, -0.05) is 18.2 Å². The molecule has 0 aliphatic rings. The summed E-state index contributed by atoms with van der Waals surface area (Å²) in [5, 5.41) is 8.16. The van der Waals surface area contributed by atoms with Gasteiger partial charge in [0.2, 0.25) is 5.91 Å². The van der Waals surface area contributed by atoms with E-state index in [4.69, 9.17) is 4.74 Å². The third kappa shape index (κ3) is 4.59. The molecule has 0 radical (unpaired) electrons. The third-order valence-electron chi connectivity index (χ3n) is 5.18. The summed E-state index contributed by atoms with van der Waals surface area (Å²) in [6, 6.07) is 6.58. The largest absolute Gasteiger partial charge is 0.382 e. The molecule has 3 rings (SSSR count). The normalized spacial score (nSPS) is 11.2. The lowest BCUT2D eigenvalue weighted by Gasteiger charge is -2.10. The molecule has 7 nitrogen and oxygen atoms in total. The summed E-state index contributed by atoms with van der Waals surface area (Å²) in [7, 11) is 0. The van der Waals surface area contributed by atoms with Crippen LogP contribution in [0, 0.1) is 19.7 Å². The number of hydrogen-bond donors (Lipinski definition) is 1. The minimum Gasteiger partial charge on any atom is -0.382 e. The van der Waals surface area contributed by atoms with Crippen LogP contribution in [0.1, 0.15) is 30.3 Å². The van der Waals surface area contributed by atoms with Crippen LogP contribution in [-0.2, 0) is 22.6 Å². The van der Waals surface area contributed by atoms with Gasteiger partial charge in [-0.2, -0.15) is 5.10 Å². The fourth-order valence-corrected chi connectivity index (χ4v) is 3.53. The van der Waals surface area contributed by atoms with E-state index in [2.05, 4.69) is 10.4 Å². The number of nitrogens with zero attached hydrogens (tertiary/aromatic N) is 3. The number of amides is 1. The minimum atomic E-state index is -0.329. The number of carbonyl (C=O) groups excluding carboxylic acids is 1. The number of aryl methyl sites for hydroxylation is 2. The Bertz CT molecular complexity index is 1100. The zero-order valence-electron chi connectivity index (χ0n) is 17.6. The van der Waals surface area contributed by atoms with Gasteiger partial charge >= 0.3 is 0 Å². The van der Waals surface area contributed by atoms with Gasteiger partial charge in [-0.3, -0.25) is 9.59 Å². The van der Waals surface area contributed by atoms with Gasteiger partial charge in [-0.05, 0) is 33.3 Å². The smallest absolute Gasteiger partial charge is 0.276 e. The highest BCUT2D eigenvalue weighted by atomic mass is 19.1. The number of rotatable bonds is 9. The van der Waals surface area contributed by atoms with Crippen LogP contribution in [0.3, 0.4) is 0 Å². The molecule has 30 heavy (non-hydrogen) atoms. The van der Waals surface area contributed by atoms with Crippen molar-refractivity contribution in [1.82, 2.24) is 19.7 Å². The van der Waals surface area contributed by atoms with Crippen molar-refractivity contribution in [1.29, 1.82) is 0 Å². The molecule has 0 aliphatic heterocycles. The number of aromatic nitrogens is 3. The lowest BCUT2D eigenvalue weighted by Crippen LogP contribution is -2.34. The number of fused-ring (bicyclic) bond motifs is 1. The second-order valence-corrected chi connectivity index (χ2v) is 7.14. The van der Waals surface area contributed by atoms with E-state index in [1.54, 1.807) is 24.4 Å². The number of ether oxygens (including phenoxy) is 1. The molecule has 0 aliphatic carbocycles. The molecule has 0 fully saturated rings. The summed E-state index contributed by atoms with van der Waals surface area (Å²) < 4.78 is 22.4. The molecule has 1 amide bonds. The van der Waals surface area contributed by atoms with Crippen LogP contribution in [0.5, 0.6) is 0 Å². The average molecular weight is 414 g/mol. The van der Waals surface area contributed by atoms with Crippen LogP contribution >= 0.6 is 0 Å². The first-order valence-electron chi connectivity index (χ1n) is 10.1. The Kier molecular flexibility index (Phi) is 6.99. The molecule has 0 spiro atoms. The summed E-state index contributed by atoms with van der Waals surface area (Å²) in [5.41, 5.74) is 1.78. The van der Waals surface area contributed by atoms with Gasteiger partial charge in [-0.15, -0.1) is 0 Å². The van der Waals surface area contributed by atoms with Gasteiger partial charge in [-0.25, -0.2) is 9.07 Å². The first kappa shape index (κ1) is 21.7. The van der Waals surface area contributed by atoms with E-state index in [-0.39, 0.29) is 23.8 Å². The van der Waals surface area contributed by atoms with Gasteiger partial charge in [0.15, 0.2) is 0 Å². The molecule has 0 saturated heterocycles. The predicted molar refractivity (Wildman–Crippen MR) is 113 cm³/mol. The molecular formula is C22H27FN4O3. The number of benzene rings is 1. The number of carbonyl (C=O) groups is 1. The van der Waals surface area contributed by atoms with E-state index in [0.29, 0.717) is 49.1 Å². The Morgan fingerprint density at radius 1 is 1.23 bits per heavy atom. The molecule has 1 aromatic carbocycles. The van der Waals surface area contributed by atoms with E-state index in [1.807, 2.05) is 25.3 Å². The summed E-state index contributed by atoms with van der Waals surface area (Å²) in [4.78, 5) is 25.2. The quantitative estimate of drug-likeness (QED) is 0.546. The Hall–Kier alpha value is -3.00.